The van der Waals surface area contributed by atoms with Gasteiger partial charge >= 0.3 is 0 Å². The van der Waals surface area contributed by atoms with E-state index >= 15 is 0 Å². The van der Waals surface area contributed by atoms with Crippen molar-refractivity contribution in [3.8, 4) is 5.75 Å². The number of amides is 1. The van der Waals surface area contributed by atoms with Crippen LogP contribution in [0, 0.1) is 6.92 Å². The lowest BCUT2D eigenvalue weighted by molar-refractivity contribution is -0.135. The van der Waals surface area contributed by atoms with Crippen LogP contribution in [0.3, 0.4) is 0 Å². The van der Waals surface area contributed by atoms with Gasteiger partial charge in [0.2, 0.25) is 5.91 Å². The van der Waals surface area contributed by atoms with E-state index < -0.39 is 0 Å². The highest BCUT2D eigenvalue weighted by Crippen LogP contribution is 2.25. The highest BCUT2D eigenvalue weighted by Gasteiger charge is 2.22. The molecule has 0 N–H and O–H groups in total. The Morgan fingerprint density at radius 2 is 1.83 bits per heavy atom. The fourth-order valence-electron chi connectivity index (χ4n) is 3.70. The molecule has 0 aliphatic heterocycles. The zero-order valence-corrected chi connectivity index (χ0v) is 19.3. The zero-order chi connectivity index (χ0) is 21.7. The molecule has 0 radical (unpaired) electrons. The van der Waals surface area contributed by atoms with E-state index in [0.717, 1.165) is 27.7 Å². The number of nitrogens with zero attached hydrogens (tertiary/aromatic N) is 3. The first-order valence-electron chi connectivity index (χ1n) is 10.5. The summed E-state index contributed by atoms with van der Waals surface area (Å²) in [6.07, 6.45) is 0. The van der Waals surface area contributed by atoms with E-state index in [-0.39, 0.29) is 24.5 Å². The first-order chi connectivity index (χ1) is 14.4. The van der Waals surface area contributed by atoms with Crippen LogP contribution in [0.4, 0.5) is 0 Å². The number of hydrogen-bond donors (Lipinski definition) is 0. The van der Waals surface area contributed by atoms with Gasteiger partial charge in [-0.1, -0.05) is 36.0 Å². The SMILES string of the molecule is Cc1cccc(OCCSc2nc3ccccc3n2CC(=O)N(C(C)C)C(C)C)c1. The Morgan fingerprint density at radius 1 is 1.10 bits per heavy atom. The second-order valence-corrected chi connectivity index (χ2v) is 9.03. The number of para-hydroxylation sites is 2. The smallest absolute Gasteiger partial charge is 0.243 e. The van der Waals surface area contributed by atoms with Gasteiger partial charge in [-0.15, -0.1) is 0 Å². The molecule has 2 aromatic carbocycles. The fraction of sp³-hybridized carbons (Fsp3) is 0.417. The van der Waals surface area contributed by atoms with Crippen LogP contribution >= 0.6 is 11.8 Å². The van der Waals surface area contributed by atoms with Crippen molar-refractivity contribution in [2.75, 3.05) is 12.4 Å². The first-order valence-corrected chi connectivity index (χ1v) is 11.4. The predicted octanol–water partition coefficient (Wildman–Crippen LogP) is 5.16. The topological polar surface area (TPSA) is 47.4 Å². The van der Waals surface area contributed by atoms with Gasteiger partial charge in [-0.2, -0.15) is 0 Å². The predicted molar refractivity (Wildman–Crippen MR) is 124 cm³/mol. The molecule has 0 bridgehead atoms. The van der Waals surface area contributed by atoms with Crippen molar-refractivity contribution in [2.45, 2.75) is 58.4 Å². The van der Waals surface area contributed by atoms with Crippen molar-refractivity contribution in [1.29, 1.82) is 0 Å². The third kappa shape index (κ3) is 5.36. The van der Waals surface area contributed by atoms with Crippen molar-refractivity contribution in [1.82, 2.24) is 14.5 Å². The minimum atomic E-state index is 0.112. The molecule has 3 rings (SSSR count). The highest BCUT2D eigenvalue weighted by atomic mass is 32.2. The van der Waals surface area contributed by atoms with Crippen molar-refractivity contribution in [2.24, 2.45) is 0 Å². The minimum Gasteiger partial charge on any atom is -0.493 e. The van der Waals surface area contributed by atoms with Gasteiger partial charge < -0.3 is 14.2 Å². The van der Waals surface area contributed by atoms with Crippen LogP contribution in [0.25, 0.3) is 11.0 Å². The molecular formula is C24H31N3O2S. The Bertz CT molecular complexity index is 989. The molecule has 0 atom stereocenters. The van der Waals surface area contributed by atoms with Crippen LogP contribution in [-0.2, 0) is 11.3 Å². The molecule has 0 aliphatic carbocycles. The number of fused-ring (bicyclic) bond motifs is 1. The van der Waals surface area contributed by atoms with Gasteiger partial charge in [-0.3, -0.25) is 4.79 Å². The summed E-state index contributed by atoms with van der Waals surface area (Å²) in [5.41, 5.74) is 3.08. The number of aromatic nitrogens is 2. The minimum absolute atomic E-state index is 0.112. The molecule has 1 aromatic heterocycles. The van der Waals surface area contributed by atoms with Gasteiger partial charge in [0.05, 0.1) is 17.6 Å². The standard InChI is InChI=1S/C24H31N3O2S/c1-17(2)27(18(3)4)23(28)16-26-22-12-7-6-11-21(22)25-24(26)30-14-13-29-20-10-8-9-19(5)15-20/h6-12,15,17-18H,13-14,16H2,1-5H3. The van der Waals surface area contributed by atoms with Crippen molar-refractivity contribution >= 4 is 28.7 Å². The van der Waals surface area contributed by atoms with Gasteiger partial charge in [-0.05, 0) is 64.4 Å². The van der Waals surface area contributed by atoms with Crippen LogP contribution < -0.4 is 4.74 Å². The van der Waals surface area contributed by atoms with Gasteiger partial charge in [0.1, 0.15) is 12.3 Å². The second-order valence-electron chi connectivity index (χ2n) is 7.97. The van der Waals surface area contributed by atoms with E-state index in [1.807, 2.05) is 51.9 Å². The van der Waals surface area contributed by atoms with Gasteiger partial charge in [-0.25, -0.2) is 4.98 Å². The van der Waals surface area contributed by atoms with Crippen LogP contribution in [0.2, 0.25) is 0 Å². The second kappa shape index (κ2) is 10.0. The molecular weight excluding hydrogens is 394 g/mol. The molecule has 5 nitrogen and oxygen atoms in total. The molecule has 6 heteroatoms. The van der Waals surface area contributed by atoms with Gasteiger partial charge in [0, 0.05) is 17.8 Å². The summed E-state index contributed by atoms with van der Waals surface area (Å²) in [5, 5.41) is 0.852. The quantitative estimate of drug-likeness (QED) is 0.351. The number of aryl methyl sites for hydroxylation is 1. The lowest BCUT2D eigenvalue weighted by Gasteiger charge is -2.31. The van der Waals surface area contributed by atoms with Gasteiger partial charge in [0.15, 0.2) is 5.16 Å². The Morgan fingerprint density at radius 3 is 2.53 bits per heavy atom. The third-order valence-corrected chi connectivity index (χ3v) is 5.83. The number of thioether (sulfide) groups is 1. The molecule has 0 saturated heterocycles. The number of ether oxygens (including phenoxy) is 1. The molecule has 160 valence electrons. The average Bonchev–Trinajstić information content (AvgIpc) is 3.02. The van der Waals surface area contributed by atoms with Crippen molar-refractivity contribution in [3.63, 3.8) is 0 Å². The summed E-state index contributed by atoms with van der Waals surface area (Å²) in [4.78, 5) is 19.8. The number of benzene rings is 2. The summed E-state index contributed by atoms with van der Waals surface area (Å²) in [6.45, 7) is 11.2. The number of carbonyl (C=O) groups is 1. The maximum atomic E-state index is 13.1. The van der Waals surface area contributed by atoms with Crippen LogP contribution in [0.5, 0.6) is 5.75 Å². The molecule has 0 aliphatic rings. The van der Waals surface area contributed by atoms with Crippen LogP contribution in [0.1, 0.15) is 33.3 Å². The van der Waals surface area contributed by atoms with E-state index in [1.165, 1.54) is 5.56 Å². The molecule has 1 heterocycles. The van der Waals surface area contributed by atoms with E-state index in [2.05, 4.69) is 40.7 Å². The number of rotatable bonds is 9. The Labute approximate surface area is 183 Å². The molecule has 0 spiro atoms. The number of hydrogen-bond acceptors (Lipinski definition) is 4. The van der Waals surface area contributed by atoms with E-state index in [9.17, 15) is 4.79 Å². The summed E-state index contributed by atoms with van der Waals surface area (Å²) in [7, 11) is 0. The summed E-state index contributed by atoms with van der Waals surface area (Å²) < 4.78 is 7.91. The Balaban J connectivity index is 1.73. The number of imidazole rings is 1. The summed E-state index contributed by atoms with van der Waals surface area (Å²) in [5.74, 6) is 1.74. The molecule has 0 saturated carbocycles. The van der Waals surface area contributed by atoms with Crippen LogP contribution in [-0.4, -0.2) is 44.8 Å². The maximum absolute atomic E-state index is 13.1. The lowest BCUT2D eigenvalue weighted by Crippen LogP contribution is -2.43. The zero-order valence-electron chi connectivity index (χ0n) is 18.5. The Hall–Kier alpha value is -2.47. The molecule has 0 unspecified atom stereocenters. The lowest BCUT2D eigenvalue weighted by atomic mass is 10.2. The van der Waals surface area contributed by atoms with Crippen molar-refractivity contribution < 1.29 is 9.53 Å². The largest absolute Gasteiger partial charge is 0.493 e. The van der Waals surface area contributed by atoms with Crippen LogP contribution in [0.15, 0.2) is 53.7 Å². The number of carbonyl (C=O) groups excluding carboxylic acids is 1. The molecule has 3 aromatic rings. The fourth-order valence-corrected chi connectivity index (χ4v) is 4.53. The first kappa shape index (κ1) is 22.2. The van der Waals surface area contributed by atoms with Crippen molar-refractivity contribution in [3.05, 3.63) is 54.1 Å². The monoisotopic (exact) mass is 425 g/mol. The highest BCUT2D eigenvalue weighted by molar-refractivity contribution is 7.99. The van der Waals surface area contributed by atoms with Gasteiger partial charge in [0.25, 0.3) is 0 Å². The normalized spacial score (nSPS) is 11.4. The average molecular weight is 426 g/mol. The molecule has 0 fully saturated rings. The van der Waals surface area contributed by atoms with E-state index in [0.29, 0.717) is 6.61 Å². The Kier molecular flexibility index (Phi) is 7.43. The summed E-state index contributed by atoms with van der Waals surface area (Å²) in [6, 6.07) is 16.4. The maximum Gasteiger partial charge on any atom is 0.243 e. The third-order valence-electron chi connectivity index (χ3n) is 4.89. The van der Waals surface area contributed by atoms with E-state index in [4.69, 9.17) is 9.72 Å². The van der Waals surface area contributed by atoms with E-state index in [1.54, 1.807) is 11.8 Å². The summed E-state index contributed by atoms with van der Waals surface area (Å²) >= 11 is 1.62. The molecule has 30 heavy (non-hydrogen) atoms. The molecule has 1 amide bonds.